The Morgan fingerprint density at radius 1 is 1.15 bits per heavy atom. The van der Waals surface area contributed by atoms with Crippen molar-refractivity contribution in [3.05, 3.63) is 59.8 Å². The van der Waals surface area contributed by atoms with Crippen LogP contribution in [0.15, 0.2) is 53.7 Å². The zero-order valence-corrected chi connectivity index (χ0v) is 15.7. The van der Waals surface area contributed by atoms with Crippen molar-refractivity contribution in [2.45, 2.75) is 38.1 Å². The second-order valence-corrected chi connectivity index (χ2v) is 6.68. The van der Waals surface area contributed by atoms with Gasteiger partial charge in [-0.25, -0.2) is 4.98 Å². The van der Waals surface area contributed by atoms with Gasteiger partial charge in [-0.3, -0.25) is 4.99 Å². The summed E-state index contributed by atoms with van der Waals surface area (Å²) in [4.78, 5) is 8.66. The molecule has 5 heteroatoms. The number of ether oxygens (including phenoxy) is 1. The number of guanidine groups is 1. The molecule has 26 heavy (non-hydrogen) atoms. The third-order valence-corrected chi connectivity index (χ3v) is 5.09. The molecule has 0 amide bonds. The van der Waals surface area contributed by atoms with Crippen LogP contribution in [0, 0.1) is 0 Å². The van der Waals surface area contributed by atoms with E-state index in [0.29, 0.717) is 19.0 Å². The molecule has 1 fully saturated rings. The lowest BCUT2D eigenvalue weighted by atomic mass is 9.64. The number of pyridine rings is 1. The van der Waals surface area contributed by atoms with E-state index in [-0.39, 0.29) is 5.41 Å². The molecule has 1 aliphatic rings. The predicted molar refractivity (Wildman–Crippen MR) is 106 cm³/mol. The van der Waals surface area contributed by atoms with Gasteiger partial charge in [-0.2, -0.15) is 0 Å². The highest BCUT2D eigenvalue weighted by Gasteiger charge is 2.38. The SMILES string of the molecule is CCOc1ncccc1CNC(=NC)NCC1(c2ccccc2)CCC1. The fourth-order valence-electron chi connectivity index (χ4n) is 3.44. The molecule has 0 bridgehead atoms. The lowest BCUT2D eigenvalue weighted by molar-refractivity contribution is 0.244. The van der Waals surface area contributed by atoms with E-state index in [1.165, 1.54) is 24.8 Å². The summed E-state index contributed by atoms with van der Waals surface area (Å²) in [5, 5.41) is 6.89. The van der Waals surface area contributed by atoms with Crippen LogP contribution in [0.3, 0.4) is 0 Å². The highest BCUT2D eigenvalue weighted by atomic mass is 16.5. The quantitative estimate of drug-likeness (QED) is 0.593. The standard InChI is InChI=1S/C21H28N4O/c1-3-26-19-17(9-7-14-23-19)15-24-20(22-2)25-16-21(12-8-13-21)18-10-5-4-6-11-18/h4-7,9-11,14H,3,8,12-13,15-16H2,1-2H3,(H2,22,24,25). The van der Waals surface area contributed by atoms with Crippen LogP contribution in [-0.2, 0) is 12.0 Å². The minimum absolute atomic E-state index is 0.226. The molecule has 1 heterocycles. The Morgan fingerprint density at radius 3 is 2.62 bits per heavy atom. The van der Waals surface area contributed by atoms with Gasteiger partial charge in [0.15, 0.2) is 5.96 Å². The van der Waals surface area contributed by atoms with Gasteiger partial charge in [0.2, 0.25) is 5.88 Å². The molecule has 0 spiro atoms. The van der Waals surface area contributed by atoms with E-state index in [0.717, 1.165) is 18.1 Å². The van der Waals surface area contributed by atoms with E-state index in [1.54, 1.807) is 13.2 Å². The van der Waals surface area contributed by atoms with E-state index in [9.17, 15) is 0 Å². The Kier molecular flexibility index (Phi) is 6.10. The number of benzene rings is 1. The Hall–Kier alpha value is -2.56. The largest absolute Gasteiger partial charge is 0.478 e. The molecular weight excluding hydrogens is 324 g/mol. The van der Waals surface area contributed by atoms with Crippen LogP contribution >= 0.6 is 0 Å². The minimum Gasteiger partial charge on any atom is -0.478 e. The summed E-state index contributed by atoms with van der Waals surface area (Å²) in [6, 6.07) is 14.8. The van der Waals surface area contributed by atoms with E-state index < -0.39 is 0 Å². The molecule has 2 aromatic rings. The van der Waals surface area contributed by atoms with Crippen LogP contribution in [0.4, 0.5) is 0 Å². The molecule has 0 aliphatic heterocycles. The Morgan fingerprint density at radius 2 is 1.96 bits per heavy atom. The number of rotatable bonds is 7. The zero-order valence-electron chi connectivity index (χ0n) is 15.7. The molecule has 1 aromatic heterocycles. The molecule has 0 radical (unpaired) electrons. The summed E-state index contributed by atoms with van der Waals surface area (Å²) in [7, 11) is 1.80. The highest BCUT2D eigenvalue weighted by Crippen LogP contribution is 2.43. The average molecular weight is 352 g/mol. The fraction of sp³-hybridized carbons (Fsp3) is 0.429. The van der Waals surface area contributed by atoms with Crippen molar-refractivity contribution in [1.82, 2.24) is 15.6 Å². The van der Waals surface area contributed by atoms with Gasteiger partial charge in [-0.1, -0.05) is 42.8 Å². The summed E-state index contributed by atoms with van der Waals surface area (Å²) in [6.45, 7) is 4.09. The third kappa shape index (κ3) is 4.15. The maximum Gasteiger partial charge on any atom is 0.218 e. The van der Waals surface area contributed by atoms with E-state index in [2.05, 4.69) is 50.9 Å². The number of nitrogens with one attached hydrogen (secondary N) is 2. The van der Waals surface area contributed by atoms with Gasteiger partial charge in [0, 0.05) is 37.3 Å². The number of hydrogen-bond donors (Lipinski definition) is 2. The van der Waals surface area contributed by atoms with E-state index >= 15 is 0 Å². The van der Waals surface area contributed by atoms with Gasteiger partial charge in [-0.15, -0.1) is 0 Å². The Labute approximate surface area is 155 Å². The maximum atomic E-state index is 5.59. The number of aromatic nitrogens is 1. The molecule has 3 rings (SSSR count). The third-order valence-electron chi connectivity index (χ3n) is 5.09. The summed E-state index contributed by atoms with van der Waals surface area (Å²) >= 11 is 0. The molecular formula is C21H28N4O. The van der Waals surface area contributed by atoms with Gasteiger partial charge < -0.3 is 15.4 Å². The smallest absolute Gasteiger partial charge is 0.218 e. The first kappa shape index (κ1) is 18.2. The molecule has 2 N–H and O–H groups in total. The van der Waals surface area contributed by atoms with Crippen LogP contribution < -0.4 is 15.4 Å². The Bertz CT molecular complexity index is 726. The first-order chi connectivity index (χ1) is 12.8. The molecule has 0 unspecified atom stereocenters. The zero-order chi connectivity index (χ0) is 18.2. The molecule has 0 atom stereocenters. The molecule has 1 aliphatic carbocycles. The van der Waals surface area contributed by atoms with Crippen molar-refractivity contribution in [3.63, 3.8) is 0 Å². The first-order valence-corrected chi connectivity index (χ1v) is 9.34. The second kappa shape index (κ2) is 8.70. The van der Waals surface area contributed by atoms with Crippen molar-refractivity contribution in [2.75, 3.05) is 20.2 Å². The molecule has 1 aromatic carbocycles. The molecule has 138 valence electrons. The normalized spacial score (nSPS) is 15.8. The van der Waals surface area contributed by atoms with Crippen LogP contribution in [-0.4, -0.2) is 31.1 Å². The predicted octanol–water partition coefficient (Wildman–Crippen LogP) is 3.27. The summed E-state index contributed by atoms with van der Waals surface area (Å²) in [5.41, 5.74) is 2.67. The minimum atomic E-state index is 0.226. The van der Waals surface area contributed by atoms with E-state index in [4.69, 9.17) is 4.74 Å². The number of hydrogen-bond acceptors (Lipinski definition) is 3. The van der Waals surface area contributed by atoms with Crippen LogP contribution in [0.2, 0.25) is 0 Å². The van der Waals surface area contributed by atoms with Gasteiger partial charge in [0.1, 0.15) is 0 Å². The average Bonchev–Trinajstić information content (AvgIpc) is 2.65. The maximum absolute atomic E-state index is 5.59. The number of nitrogens with zero attached hydrogens (tertiary/aromatic N) is 2. The Balaban J connectivity index is 1.59. The van der Waals surface area contributed by atoms with Crippen LogP contribution in [0.25, 0.3) is 0 Å². The van der Waals surface area contributed by atoms with Crippen molar-refractivity contribution in [3.8, 4) is 5.88 Å². The second-order valence-electron chi connectivity index (χ2n) is 6.68. The van der Waals surface area contributed by atoms with Crippen molar-refractivity contribution in [2.24, 2.45) is 4.99 Å². The van der Waals surface area contributed by atoms with E-state index in [1.807, 2.05) is 19.1 Å². The van der Waals surface area contributed by atoms with Gasteiger partial charge in [0.05, 0.1) is 6.61 Å². The lowest BCUT2D eigenvalue weighted by Gasteiger charge is -2.43. The molecule has 1 saturated carbocycles. The van der Waals surface area contributed by atoms with Crippen molar-refractivity contribution in [1.29, 1.82) is 0 Å². The summed E-state index contributed by atoms with van der Waals surface area (Å²) in [5.74, 6) is 1.48. The monoisotopic (exact) mass is 352 g/mol. The molecule has 5 nitrogen and oxygen atoms in total. The van der Waals surface area contributed by atoms with Gasteiger partial charge in [-0.05, 0) is 31.4 Å². The topological polar surface area (TPSA) is 58.5 Å². The summed E-state index contributed by atoms with van der Waals surface area (Å²) in [6.07, 6.45) is 5.48. The van der Waals surface area contributed by atoms with Crippen molar-refractivity contribution < 1.29 is 4.74 Å². The van der Waals surface area contributed by atoms with Crippen molar-refractivity contribution >= 4 is 5.96 Å². The summed E-state index contributed by atoms with van der Waals surface area (Å²) < 4.78 is 5.59. The highest BCUT2D eigenvalue weighted by molar-refractivity contribution is 5.79. The number of aliphatic imine (C=N–C) groups is 1. The molecule has 0 saturated heterocycles. The van der Waals surface area contributed by atoms with Crippen LogP contribution in [0.5, 0.6) is 5.88 Å². The fourth-order valence-corrected chi connectivity index (χ4v) is 3.44. The van der Waals surface area contributed by atoms with Gasteiger partial charge >= 0.3 is 0 Å². The van der Waals surface area contributed by atoms with Crippen LogP contribution in [0.1, 0.15) is 37.3 Å². The van der Waals surface area contributed by atoms with Gasteiger partial charge in [0.25, 0.3) is 0 Å². The lowest BCUT2D eigenvalue weighted by Crippen LogP contribution is -2.48. The first-order valence-electron chi connectivity index (χ1n) is 9.34.